The zero-order valence-electron chi connectivity index (χ0n) is 14.5. The molecule has 2 heterocycles. The summed E-state index contributed by atoms with van der Waals surface area (Å²) in [5.74, 6) is 0.106. The van der Waals surface area contributed by atoms with E-state index in [-0.39, 0.29) is 30.7 Å². The van der Waals surface area contributed by atoms with E-state index in [0.29, 0.717) is 6.04 Å². The van der Waals surface area contributed by atoms with Crippen LogP contribution >= 0.6 is 24.8 Å². The third-order valence-electron chi connectivity index (χ3n) is 4.73. The summed E-state index contributed by atoms with van der Waals surface area (Å²) in [7, 11) is 1.95. The van der Waals surface area contributed by atoms with E-state index in [9.17, 15) is 4.79 Å². The largest absolute Gasteiger partial charge is 0.337 e. The van der Waals surface area contributed by atoms with Crippen LogP contribution in [0, 0.1) is 0 Å². The summed E-state index contributed by atoms with van der Waals surface area (Å²) in [6.07, 6.45) is 2.83. The molecule has 0 bridgehead atoms. The highest BCUT2D eigenvalue weighted by molar-refractivity contribution is 5.94. The molecule has 1 aromatic heterocycles. The number of halogens is 2. The lowest BCUT2D eigenvalue weighted by molar-refractivity contribution is 0.0789. The third-order valence-corrected chi connectivity index (χ3v) is 4.73. The topological polar surface area (TPSA) is 50.2 Å². The van der Waals surface area contributed by atoms with Gasteiger partial charge in [-0.25, -0.2) is 4.98 Å². The van der Waals surface area contributed by atoms with Crippen molar-refractivity contribution >= 4 is 41.8 Å². The Balaban J connectivity index is 0.00000121. The van der Waals surface area contributed by atoms with E-state index < -0.39 is 0 Å². The maximum absolute atomic E-state index is 12.6. The maximum atomic E-state index is 12.6. The molecule has 1 saturated heterocycles. The Morgan fingerprint density at radius 3 is 2.54 bits per heavy atom. The van der Waals surface area contributed by atoms with Gasteiger partial charge in [0.15, 0.2) is 0 Å². The molecule has 0 spiro atoms. The van der Waals surface area contributed by atoms with E-state index in [1.54, 1.807) is 0 Å². The van der Waals surface area contributed by atoms with E-state index >= 15 is 0 Å². The van der Waals surface area contributed by atoms with E-state index in [2.05, 4.69) is 10.3 Å². The number of hydrogen-bond acceptors (Lipinski definition) is 3. The van der Waals surface area contributed by atoms with Crippen molar-refractivity contribution in [3.05, 3.63) is 60.4 Å². The fraction of sp³-hybridized carbons (Fsp3) is 0.263. The summed E-state index contributed by atoms with van der Waals surface area (Å²) in [6, 6.07) is 16.2. The fourth-order valence-corrected chi connectivity index (χ4v) is 3.29. The summed E-state index contributed by atoms with van der Waals surface area (Å²) < 4.78 is 2.04. The Bertz CT molecular complexity index is 879. The highest BCUT2D eigenvalue weighted by atomic mass is 35.5. The van der Waals surface area contributed by atoms with Gasteiger partial charge in [-0.05, 0) is 49.9 Å². The molecule has 1 amide bonds. The normalized spacial score (nSPS) is 16.2. The summed E-state index contributed by atoms with van der Waals surface area (Å²) in [5, 5.41) is 3.24. The first kappa shape index (κ1) is 20.2. The minimum atomic E-state index is 0. The number of nitrogens with zero attached hydrogens (tertiary/aromatic N) is 3. The van der Waals surface area contributed by atoms with E-state index in [1.165, 1.54) is 0 Å². The second-order valence-electron chi connectivity index (χ2n) is 6.18. The molecule has 3 aromatic rings. The van der Waals surface area contributed by atoms with Crippen LogP contribution in [-0.4, -0.2) is 46.5 Å². The van der Waals surface area contributed by atoms with Crippen LogP contribution in [0.3, 0.4) is 0 Å². The van der Waals surface area contributed by atoms with Crippen LogP contribution in [0.15, 0.2) is 54.9 Å². The van der Waals surface area contributed by atoms with E-state index in [1.807, 2.05) is 71.4 Å². The minimum absolute atomic E-state index is 0. The number of benzene rings is 2. The first-order valence-corrected chi connectivity index (χ1v) is 8.25. The third kappa shape index (κ3) is 3.70. The van der Waals surface area contributed by atoms with Gasteiger partial charge in [-0.1, -0.05) is 12.1 Å². The lowest BCUT2D eigenvalue weighted by Crippen LogP contribution is -2.33. The molecule has 1 N–H and O–H groups in total. The molecule has 138 valence electrons. The van der Waals surface area contributed by atoms with Gasteiger partial charge in [0.05, 0.1) is 11.0 Å². The van der Waals surface area contributed by atoms with Gasteiger partial charge in [-0.15, -0.1) is 24.8 Å². The molecule has 26 heavy (non-hydrogen) atoms. The molecule has 4 rings (SSSR count). The molecule has 0 aliphatic carbocycles. The first-order valence-electron chi connectivity index (χ1n) is 8.25. The standard InChI is InChI=1S/C19H20N4O.2ClH/c1-20-15-10-11-22(12-15)19(24)14-6-8-16(9-7-14)23-13-21-17-4-2-3-5-18(17)23;;/h2-9,13,15,20H,10-12H2,1H3;2*1H. The molecule has 1 atom stereocenters. The molecular formula is C19H22Cl2N4O. The number of hydrogen-bond donors (Lipinski definition) is 1. The van der Waals surface area contributed by atoms with Crippen LogP contribution in [0.1, 0.15) is 16.8 Å². The van der Waals surface area contributed by atoms with Crippen molar-refractivity contribution in [2.75, 3.05) is 20.1 Å². The Hall–Kier alpha value is -2.08. The van der Waals surface area contributed by atoms with Gasteiger partial charge >= 0.3 is 0 Å². The summed E-state index contributed by atoms with van der Waals surface area (Å²) in [6.45, 7) is 1.60. The number of para-hydroxylation sites is 2. The van der Waals surface area contributed by atoms with Gasteiger partial charge in [0.2, 0.25) is 0 Å². The number of fused-ring (bicyclic) bond motifs is 1. The van der Waals surface area contributed by atoms with Crippen molar-refractivity contribution < 1.29 is 4.79 Å². The highest BCUT2D eigenvalue weighted by Crippen LogP contribution is 2.19. The van der Waals surface area contributed by atoms with Gasteiger partial charge in [0.1, 0.15) is 6.33 Å². The van der Waals surface area contributed by atoms with Crippen LogP contribution in [0.25, 0.3) is 16.7 Å². The number of nitrogens with one attached hydrogen (secondary N) is 1. The summed E-state index contributed by atoms with van der Waals surface area (Å²) in [4.78, 5) is 18.9. The minimum Gasteiger partial charge on any atom is -0.337 e. The molecular weight excluding hydrogens is 371 g/mol. The Kier molecular flexibility index (Phi) is 6.64. The van der Waals surface area contributed by atoms with Crippen LogP contribution in [0.2, 0.25) is 0 Å². The maximum Gasteiger partial charge on any atom is 0.253 e. The van der Waals surface area contributed by atoms with Crippen molar-refractivity contribution in [1.29, 1.82) is 0 Å². The summed E-state index contributed by atoms with van der Waals surface area (Å²) >= 11 is 0. The monoisotopic (exact) mass is 392 g/mol. The molecule has 1 aliphatic rings. The smallest absolute Gasteiger partial charge is 0.253 e. The predicted octanol–water partition coefficient (Wildman–Crippen LogP) is 3.30. The average molecular weight is 393 g/mol. The number of likely N-dealkylation sites (tertiary alicyclic amines) is 1. The predicted molar refractivity (Wildman–Crippen MR) is 109 cm³/mol. The average Bonchev–Trinajstić information content (AvgIpc) is 3.28. The summed E-state index contributed by atoms with van der Waals surface area (Å²) in [5.41, 5.74) is 3.77. The van der Waals surface area contributed by atoms with Gasteiger partial charge in [0, 0.05) is 30.4 Å². The van der Waals surface area contributed by atoms with Crippen molar-refractivity contribution in [2.45, 2.75) is 12.5 Å². The van der Waals surface area contributed by atoms with Gasteiger partial charge in [-0.3, -0.25) is 9.36 Å². The lowest BCUT2D eigenvalue weighted by Gasteiger charge is -2.16. The number of rotatable bonds is 3. The molecule has 0 radical (unpaired) electrons. The van der Waals surface area contributed by atoms with Gasteiger partial charge < -0.3 is 10.2 Å². The van der Waals surface area contributed by atoms with Crippen molar-refractivity contribution in [1.82, 2.24) is 19.8 Å². The van der Waals surface area contributed by atoms with Crippen molar-refractivity contribution in [2.24, 2.45) is 0 Å². The molecule has 7 heteroatoms. The first-order chi connectivity index (χ1) is 11.8. The SMILES string of the molecule is CNC1CCN(C(=O)c2ccc(-n3cnc4ccccc43)cc2)C1.Cl.Cl. The quantitative estimate of drug-likeness (QED) is 0.743. The number of imidazole rings is 1. The van der Waals surface area contributed by atoms with Gasteiger partial charge in [0.25, 0.3) is 5.91 Å². The van der Waals surface area contributed by atoms with Crippen LogP contribution in [0.4, 0.5) is 0 Å². The Labute approximate surface area is 165 Å². The highest BCUT2D eigenvalue weighted by Gasteiger charge is 2.25. The number of amides is 1. The zero-order chi connectivity index (χ0) is 16.5. The zero-order valence-corrected chi connectivity index (χ0v) is 16.1. The molecule has 2 aromatic carbocycles. The number of carbonyl (C=O) groups is 1. The van der Waals surface area contributed by atoms with Crippen molar-refractivity contribution in [3.63, 3.8) is 0 Å². The molecule has 0 saturated carbocycles. The molecule has 1 aliphatic heterocycles. The van der Waals surface area contributed by atoms with Gasteiger partial charge in [-0.2, -0.15) is 0 Å². The van der Waals surface area contributed by atoms with E-state index in [4.69, 9.17) is 0 Å². The number of likely N-dealkylation sites (N-methyl/N-ethyl adjacent to an activating group) is 1. The van der Waals surface area contributed by atoms with E-state index in [0.717, 1.165) is 41.8 Å². The van der Waals surface area contributed by atoms with Crippen LogP contribution < -0.4 is 5.32 Å². The number of carbonyl (C=O) groups excluding carboxylic acids is 1. The Morgan fingerprint density at radius 2 is 1.85 bits per heavy atom. The molecule has 1 fully saturated rings. The van der Waals surface area contributed by atoms with Crippen LogP contribution in [0.5, 0.6) is 0 Å². The second-order valence-corrected chi connectivity index (χ2v) is 6.18. The second kappa shape index (κ2) is 8.54. The number of aromatic nitrogens is 2. The Morgan fingerprint density at radius 1 is 1.12 bits per heavy atom. The van der Waals surface area contributed by atoms with Crippen LogP contribution in [-0.2, 0) is 0 Å². The molecule has 1 unspecified atom stereocenters. The lowest BCUT2D eigenvalue weighted by atomic mass is 10.1. The fourth-order valence-electron chi connectivity index (χ4n) is 3.29. The van der Waals surface area contributed by atoms with Crippen molar-refractivity contribution in [3.8, 4) is 5.69 Å². The molecule has 5 nitrogen and oxygen atoms in total.